The zero-order chi connectivity index (χ0) is 11.2. The number of aromatic nitrogens is 2. The lowest BCUT2D eigenvalue weighted by atomic mass is 10.1. The van der Waals surface area contributed by atoms with Gasteiger partial charge in [-0.25, -0.2) is 9.97 Å². The van der Waals surface area contributed by atoms with Crippen molar-refractivity contribution in [1.29, 1.82) is 0 Å². The van der Waals surface area contributed by atoms with Gasteiger partial charge < -0.3 is 9.73 Å². The molecule has 0 spiro atoms. The van der Waals surface area contributed by atoms with Gasteiger partial charge in [0.05, 0.1) is 18.6 Å². The van der Waals surface area contributed by atoms with E-state index in [9.17, 15) is 0 Å². The van der Waals surface area contributed by atoms with Crippen molar-refractivity contribution in [3.8, 4) is 0 Å². The summed E-state index contributed by atoms with van der Waals surface area (Å²) in [5.41, 5.74) is 1.15. The molecule has 0 saturated heterocycles. The summed E-state index contributed by atoms with van der Waals surface area (Å²) in [5, 5.41) is 3.37. The Hall–Kier alpha value is -1.68. The summed E-state index contributed by atoms with van der Waals surface area (Å²) in [5.74, 6) is 0.825. The van der Waals surface area contributed by atoms with E-state index in [0.29, 0.717) is 0 Å². The van der Waals surface area contributed by atoms with Gasteiger partial charge in [-0.2, -0.15) is 0 Å². The SMILES string of the molecule is CCNC(Cc1ccoc1)c1ncccn1. The Kier molecular flexibility index (Phi) is 3.66. The Morgan fingerprint density at radius 1 is 1.38 bits per heavy atom. The highest BCUT2D eigenvalue weighted by Crippen LogP contribution is 2.14. The summed E-state index contributed by atoms with van der Waals surface area (Å²) in [6, 6.07) is 3.93. The van der Waals surface area contributed by atoms with E-state index in [1.165, 1.54) is 0 Å². The summed E-state index contributed by atoms with van der Waals surface area (Å²) < 4.78 is 5.06. The van der Waals surface area contributed by atoms with Crippen LogP contribution in [0.15, 0.2) is 41.5 Å². The van der Waals surface area contributed by atoms with Crippen LogP contribution in [0.5, 0.6) is 0 Å². The predicted molar refractivity (Wildman–Crippen MR) is 60.9 cm³/mol. The van der Waals surface area contributed by atoms with E-state index in [-0.39, 0.29) is 6.04 Å². The summed E-state index contributed by atoms with van der Waals surface area (Å²) in [6.45, 7) is 2.96. The largest absolute Gasteiger partial charge is 0.472 e. The van der Waals surface area contributed by atoms with E-state index in [1.807, 2.05) is 12.1 Å². The van der Waals surface area contributed by atoms with Crippen molar-refractivity contribution in [2.45, 2.75) is 19.4 Å². The van der Waals surface area contributed by atoms with Crippen LogP contribution in [0.1, 0.15) is 24.4 Å². The van der Waals surface area contributed by atoms with E-state index >= 15 is 0 Å². The zero-order valence-corrected chi connectivity index (χ0v) is 9.26. The molecular formula is C12H15N3O. The number of likely N-dealkylation sites (N-methyl/N-ethyl adjacent to an activating group) is 1. The fraction of sp³-hybridized carbons (Fsp3) is 0.333. The average molecular weight is 217 g/mol. The van der Waals surface area contributed by atoms with E-state index in [4.69, 9.17) is 4.42 Å². The molecular weight excluding hydrogens is 202 g/mol. The third-order valence-corrected chi connectivity index (χ3v) is 2.37. The second-order valence-corrected chi connectivity index (χ2v) is 3.55. The van der Waals surface area contributed by atoms with Crippen LogP contribution in [-0.2, 0) is 6.42 Å². The van der Waals surface area contributed by atoms with E-state index in [1.54, 1.807) is 24.9 Å². The molecule has 1 unspecified atom stereocenters. The maximum Gasteiger partial charge on any atom is 0.145 e. The van der Waals surface area contributed by atoms with Gasteiger partial charge >= 0.3 is 0 Å². The van der Waals surface area contributed by atoms with Crippen molar-refractivity contribution >= 4 is 0 Å². The quantitative estimate of drug-likeness (QED) is 0.831. The van der Waals surface area contributed by atoms with Crippen LogP contribution in [0.3, 0.4) is 0 Å². The molecule has 1 N–H and O–H groups in total. The van der Waals surface area contributed by atoms with Crippen LogP contribution in [0.25, 0.3) is 0 Å². The molecule has 0 aromatic carbocycles. The molecule has 2 aromatic heterocycles. The predicted octanol–water partition coefficient (Wildman–Crippen LogP) is 1.96. The van der Waals surface area contributed by atoms with Gasteiger partial charge in [0.15, 0.2) is 0 Å². The third-order valence-electron chi connectivity index (χ3n) is 2.37. The second-order valence-electron chi connectivity index (χ2n) is 3.55. The molecule has 0 radical (unpaired) electrons. The molecule has 2 rings (SSSR count). The molecule has 84 valence electrons. The molecule has 0 fully saturated rings. The normalized spacial score (nSPS) is 12.6. The molecule has 0 saturated carbocycles. The number of nitrogens with zero attached hydrogens (tertiary/aromatic N) is 2. The Morgan fingerprint density at radius 3 is 2.81 bits per heavy atom. The molecule has 2 aromatic rings. The summed E-state index contributed by atoms with van der Waals surface area (Å²) in [7, 11) is 0. The van der Waals surface area contributed by atoms with Gasteiger partial charge in [-0.05, 0) is 30.7 Å². The number of hydrogen-bond acceptors (Lipinski definition) is 4. The maximum absolute atomic E-state index is 5.06. The van der Waals surface area contributed by atoms with Gasteiger partial charge in [0.2, 0.25) is 0 Å². The van der Waals surface area contributed by atoms with Crippen molar-refractivity contribution in [1.82, 2.24) is 15.3 Å². The summed E-state index contributed by atoms with van der Waals surface area (Å²) in [4.78, 5) is 8.55. The molecule has 4 nitrogen and oxygen atoms in total. The highest BCUT2D eigenvalue weighted by Gasteiger charge is 2.13. The van der Waals surface area contributed by atoms with E-state index in [0.717, 1.165) is 24.4 Å². The van der Waals surface area contributed by atoms with Crippen LogP contribution in [0.2, 0.25) is 0 Å². The first-order valence-corrected chi connectivity index (χ1v) is 5.41. The van der Waals surface area contributed by atoms with Crippen molar-refractivity contribution < 1.29 is 4.42 Å². The number of rotatable bonds is 5. The number of nitrogens with one attached hydrogen (secondary N) is 1. The van der Waals surface area contributed by atoms with Crippen molar-refractivity contribution in [2.24, 2.45) is 0 Å². The van der Waals surface area contributed by atoms with Crippen molar-refractivity contribution in [3.63, 3.8) is 0 Å². The monoisotopic (exact) mass is 217 g/mol. The highest BCUT2D eigenvalue weighted by molar-refractivity contribution is 5.10. The minimum absolute atomic E-state index is 0.142. The molecule has 0 aliphatic rings. The van der Waals surface area contributed by atoms with Crippen molar-refractivity contribution in [2.75, 3.05) is 6.54 Å². The number of hydrogen-bond donors (Lipinski definition) is 1. The first kappa shape index (κ1) is 10.8. The van der Waals surface area contributed by atoms with E-state index < -0.39 is 0 Å². The number of furan rings is 1. The van der Waals surface area contributed by atoms with E-state index in [2.05, 4.69) is 22.2 Å². The fourth-order valence-electron chi connectivity index (χ4n) is 1.64. The van der Waals surface area contributed by atoms with Crippen LogP contribution in [0, 0.1) is 0 Å². The Labute approximate surface area is 94.7 Å². The van der Waals surface area contributed by atoms with Gasteiger partial charge in [0.1, 0.15) is 5.82 Å². The molecule has 0 aliphatic heterocycles. The summed E-state index contributed by atoms with van der Waals surface area (Å²) >= 11 is 0. The van der Waals surface area contributed by atoms with Gasteiger partial charge in [-0.3, -0.25) is 0 Å². The topological polar surface area (TPSA) is 51.0 Å². The van der Waals surface area contributed by atoms with Gasteiger partial charge in [-0.15, -0.1) is 0 Å². The van der Waals surface area contributed by atoms with Gasteiger partial charge in [0, 0.05) is 12.4 Å². The Balaban J connectivity index is 2.11. The standard InChI is InChI=1S/C12H15N3O/c1-2-13-11(8-10-4-7-16-9-10)12-14-5-3-6-15-12/h3-7,9,11,13H,2,8H2,1H3. The first-order valence-electron chi connectivity index (χ1n) is 5.41. The van der Waals surface area contributed by atoms with Gasteiger partial charge in [0.25, 0.3) is 0 Å². The average Bonchev–Trinajstić information content (AvgIpc) is 2.83. The smallest absolute Gasteiger partial charge is 0.145 e. The van der Waals surface area contributed by atoms with Crippen molar-refractivity contribution in [3.05, 3.63) is 48.4 Å². The zero-order valence-electron chi connectivity index (χ0n) is 9.26. The molecule has 0 bridgehead atoms. The van der Waals surface area contributed by atoms with Crippen LogP contribution in [-0.4, -0.2) is 16.5 Å². The summed E-state index contributed by atoms with van der Waals surface area (Å²) in [6.07, 6.45) is 7.82. The molecule has 2 heterocycles. The van der Waals surface area contributed by atoms with Gasteiger partial charge in [-0.1, -0.05) is 6.92 Å². The minimum Gasteiger partial charge on any atom is -0.472 e. The van der Waals surface area contributed by atoms with Crippen LogP contribution < -0.4 is 5.32 Å². The fourth-order valence-corrected chi connectivity index (χ4v) is 1.64. The lowest BCUT2D eigenvalue weighted by Crippen LogP contribution is -2.24. The highest BCUT2D eigenvalue weighted by atomic mass is 16.3. The Bertz CT molecular complexity index is 399. The first-order chi connectivity index (χ1) is 7.90. The molecule has 0 aliphatic carbocycles. The third kappa shape index (κ3) is 2.67. The lowest BCUT2D eigenvalue weighted by molar-refractivity contribution is 0.513. The molecule has 16 heavy (non-hydrogen) atoms. The molecule has 0 amide bonds. The molecule has 1 atom stereocenters. The van der Waals surface area contributed by atoms with Crippen LogP contribution >= 0.6 is 0 Å². The maximum atomic E-state index is 5.06. The second kappa shape index (κ2) is 5.42. The Morgan fingerprint density at radius 2 is 2.19 bits per heavy atom. The lowest BCUT2D eigenvalue weighted by Gasteiger charge is -2.14. The minimum atomic E-state index is 0.142. The van der Waals surface area contributed by atoms with Crippen LogP contribution in [0.4, 0.5) is 0 Å². The molecule has 4 heteroatoms.